The van der Waals surface area contributed by atoms with E-state index in [0.717, 1.165) is 16.8 Å². The van der Waals surface area contributed by atoms with Gasteiger partial charge in [-0.1, -0.05) is 18.2 Å². The van der Waals surface area contributed by atoms with Gasteiger partial charge in [-0.05, 0) is 13.0 Å². The number of nitrogens with two attached hydrogens (primary N) is 1. The molecule has 13 heavy (non-hydrogen) atoms. The van der Waals surface area contributed by atoms with Gasteiger partial charge >= 0.3 is 0 Å². The zero-order chi connectivity index (χ0) is 9.26. The van der Waals surface area contributed by atoms with E-state index < -0.39 is 0 Å². The Morgan fingerprint density at radius 2 is 2.31 bits per heavy atom. The van der Waals surface area contributed by atoms with Crippen molar-refractivity contribution in [3.05, 3.63) is 35.5 Å². The summed E-state index contributed by atoms with van der Waals surface area (Å²) in [6.45, 7) is 2.48. The van der Waals surface area contributed by atoms with E-state index in [0.29, 0.717) is 6.61 Å². The second-order valence-electron chi connectivity index (χ2n) is 3.14. The highest BCUT2D eigenvalue weighted by atomic mass is 16.6. The molecule has 0 radical (unpaired) electrons. The third-order valence-electron chi connectivity index (χ3n) is 2.12. The Morgan fingerprint density at radius 1 is 1.46 bits per heavy atom. The van der Waals surface area contributed by atoms with E-state index in [1.54, 1.807) is 0 Å². The minimum Gasteiger partial charge on any atom is -0.358 e. The molecule has 0 atom stereocenters. The zero-order valence-corrected chi connectivity index (χ0v) is 7.50. The smallest absolute Gasteiger partial charge is 0.0950 e. The lowest BCUT2D eigenvalue weighted by atomic mass is 10.1. The summed E-state index contributed by atoms with van der Waals surface area (Å²) in [5.74, 6) is 5.04. The third-order valence-corrected chi connectivity index (χ3v) is 2.12. The Bertz CT molecular complexity index is 420. The number of hydrogen-bond donors (Lipinski definition) is 2. The first-order chi connectivity index (χ1) is 6.31. The van der Waals surface area contributed by atoms with Gasteiger partial charge in [0.1, 0.15) is 0 Å². The second-order valence-corrected chi connectivity index (χ2v) is 3.14. The van der Waals surface area contributed by atoms with E-state index in [1.165, 1.54) is 5.39 Å². The predicted molar refractivity (Wildman–Crippen MR) is 52.0 cm³/mol. The molecule has 0 saturated heterocycles. The Morgan fingerprint density at radius 3 is 3.08 bits per heavy atom. The number of aryl methyl sites for hydroxylation is 1. The fourth-order valence-electron chi connectivity index (χ4n) is 1.57. The summed E-state index contributed by atoms with van der Waals surface area (Å²) >= 11 is 0. The van der Waals surface area contributed by atoms with Crippen molar-refractivity contribution in [2.75, 3.05) is 0 Å². The fourth-order valence-corrected chi connectivity index (χ4v) is 1.57. The van der Waals surface area contributed by atoms with Gasteiger partial charge in [0.05, 0.1) is 12.1 Å². The van der Waals surface area contributed by atoms with Crippen molar-refractivity contribution in [1.82, 2.24) is 4.98 Å². The molecule has 0 aliphatic carbocycles. The Hall–Kier alpha value is -1.32. The van der Waals surface area contributed by atoms with E-state index in [-0.39, 0.29) is 0 Å². The van der Waals surface area contributed by atoms with Gasteiger partial charge in [-0.25, -0.2) is 5.90 Å². The average Bonchev–Trinajstić information content (AvgIpc) is 2.47. The summed E-state index contributed by atoms with van der Waals surface area (Å²) < 4.78 is 0. The number of aromatic amines is 1. The summed E-state index contributed by atoms with van der Waals surface area (Å²) in [5.41, 5.74) is 3.36. The number of benzene rings is 1. The first-order valence-corrected chi connectivity index (χ1v) is 4.20. The van der Waals surface area contributed by atoms with E-state index in [4.69, 9.17) is 5.90 Å². The minimum absolute atomic E-state index is 0.442. The maximum Gasteiger partial charge on any atom is 0.0950 e. The monoisotopic (exact) mass is 176 g/mol. The van der Waals surface area contributed by atoms with E-state index >= 15 is 0 Å². The molecule has 2 aromatic rings. The SMILES string of the molecule is Cc1cc2cccc(CON)c2[nH]1. The van der Waals surface area contributed by atoms with Gasteiger partial charge in [0.25, 0.3) is 0 Å². The molecule has 0 spiro atoms. The molecule has 1 aromatic carbocycles. The highest BCUT2D eigenvalue weighted by molar-refractivity contribution is 5.83. The van der Waals surface area contributed by atoms with Crippen LogP contribution < -0.4 is 5.90 Å². The van der Waals surface area contributed by atoms with Gasteiger partial charge in [0.15, 0.2) is 0 Å². The van der Waals surface area contributed by atoms with Crippen LogP contribution in [0, 0.1) is 6.92 Å². The van der Waals surface area contributed by atoms with Crippen molar-refractivity contribution in [3.63, 3.8) is 0 Å². The molecule has 0 bridgehead atoms. The van der Waals surface area contributed by atoms with Crippen molar-refractivity contribution >= 4 is 10.9 Å². The van der Waals surface area contributed by atoms with Crippen LogP contribution >= 0.6 is 0 Å². The van der Waals surface area contributed by atoms with Crippen LogP contribution in [0.4, 0.5) is 0 Å². The van der Waals surface area contributed by atoms with Gasteiger partial charge in [-0.3, -0.25) is 4.84 Å². The number of aromatic nitrogens is 1. The van der Waals surface area contributed by atoms with Gasteiger partial charge < -0.3 is 4.98 Å². The van der Waals surface area contributed by atoms with Gasteiger partial charge in [-0.2, -0.15) is 0 Å². The molecule has 2 rings (SSSR count). The quantitative estimate of drug-likeness (QED) is 0.686. The van der Waals surface area contributed by atoms with Crippen LogP contribution in [0.3, 0.4) is 0 Å². The molecule has 0 unspecified atom stereocenters. The number of hydrogen-bond acceptors (Lipinski definition) is 2. The Labute approximate surface area is 76.5 Å². The van der Waals surface area contributed by atoms with E-state index in [2.05, 4.69) is 22.0 Å². The number of rotatable bonds is 2. The van der Waals surface area contributed by atoms with Crippen LogP contribution in [0.2, 0.25) is 0 Å². The normalized spacial score (nSPS) is 10.9. The summed E-state index contributed by atoms with van der Waals surface area (Å²) in [6.07, 6.45) is 0. The van der Waals surface area contributed by atoms with Crippen molar-refractivity contribution < 1.29 is 4.84 Å². The molecule has 0 amide bonds. The predicted octanol–water partition coefficient (Wildman–Crippen LogP) is 1.87. The first-order valence-electron chi connectivity index (χ1n) is 4.20. The molecule has 0 saturated carbocycles. The lowest BCUT2D eigenvalue weighted by molar-refractivity contribution is 0.125. The van der Waals surface area contributed by atoms with Crippen molar-refractivity contribution in [2.45, 2.75) is 13.5 Å². The van der Waals surface area contributed by atoms with E-state index in [9.17, 15) is 0 Å². The lowest BCUT2D eigenvalue weighted by Crippen LogP contribution is -1.99. The van der Waals surface area contributed by atoms with Crippen molar-refractivity contribution in [3.8, 4) is 0 Å². The molecule has 1 aromatic heterocycles. The van der Waals surface area contributed by atoms with Crippen LogP contribution in [0.5, 0.6) is 0 Å². The Balaban J connectivity index is 2.60. The van der Waals surface area contributed by atoms with Crippen LogP contribution in [0.25, 0.3) is 10.9 Å². The standard InChI is InChI=1S/C10H12N2O/c1-7-5-8-3-2-4-9(6-13-11)10(8)12-7/h2-5,12H,6,11H2,1H3. The number of fused-ring (bicyclic) bond motifs is 1. The Kier molecular flexibility index (Phi) is 2.04. The van der Waals surface area contributed by atoms with Crippen molar-refractivity contribution in [1.29, 1.82) is 0 Å². The number of H-pyrrole nitrogens is 1. The van der Waals surface area contributed by atoms with Gasteiger partial charge in [-0.15, -0.1) is 0 Å². The molecule has 3 heteroatoms. The second kappa shape index (κ2) is 3.20. The van der Waals surface area contributed by atoms with E-state index in [1.807, 2.05) is 19.1 Å². The minimum atomic E-state index is 0.442. The molecule has 0 aliphatic heterocycles. The number of para-hydroxylation sites is 1. The summed E-state index contributed by atoms with van der Waals surface area (Å²) in [7, 11) is 0. The summed E-state index contributed by atoms with van der Waals surface area (Å²) in [6, 6.07) is 8.18. The highest BCUT2D eigenvalue weighted by Gasteiger charge is 2.02. The first kappa shape index (κ1) is 8.29. The molecule has 0 aliphatic rings. The van der Waals surface area contributed by atoms with Gasteiger partial charge in [0, 0.05) is 16.6 Å². The maximum absolute atomic E-state index is 5.04. The van der Waals surface area contributed by atoms with Gasteiger partial charge in [0.2, 0.25) is 0 Å². The molecular weight excluding hydrogens is 164 g/mol. The molecular formula is C10H12N2O. The molecule has 1 heterocycles. The van der Waals surface area contributed by atoms with Crippen LogP contribution in [0.15, 0.2) is 24.3 Å². The lowest BCUT2D eigenvalue weighted by Gasteiger charge is -2.00. The van der Waals surface area contributed by atoms with Crippen molar-refractivity contribution in [2.24, 2.45) is 5.90 Å². The highest BCUT2D eigenvalue weighted by Crippen LogP contribution is 2.19. The fraction of sp³-hybridized carbons (Fsp3) is 0.200. The summed E-state index contributed by atoms with van der Waals surface area (Å²) in [4.78, 5) is 7.90. The molecule has 68 valence electrons. The molecule has 0 fully saturated rings. The number of nitrogens with one attached hydrogen (secondary N) is 1. The van der Waals surface area contributed by atoms with Crippen LogP contribution in [-0.2, 0) is 11.4 Å². The third kappa shape index (κ3) is 1.43. The van der Waals surface area contributed by atoms with Crippen LogP contribution in [0.1, 0.15) is 11.3 Å². The van der Waals surface area contributed by atoms with Crippen LogP contribution in [-0.4, -0.2) is 4.98 Å². The molecule has 3 nitrogen and oxygen atoms in total. The largest absolute Gasteiger partial charge is 0.358 e. The summed E-state index contributed by atoms with van der Waals surface area (Å²) in [5, 5.41) is 1.20. The zero-order valence-electron chi connectivity index (χ0n) is 7.50. The average molecular weight is 176 g/mol. The maximum atomic E-state index is 5.04. The topological polar surface area (TPSA) is 51.0 Å². The molecule has 3 N–H and O–H groups in total.